The molecule has 0 spiro atoms. The van der Waals surface area contributed by atoms with Gasteiger partial charge in [0.25, 0.3) is 0 Å². The molecule has 0 amide bonds. The predicted molar refractivity (Wildman–Crippen MR) is 58.7 cm³/mol. The summed E-state index contributed by atoms with van der Waals surface area (Å²) in [7, 11) is 0. The molecule has 0 unspecified atom stereocenters. The first-order valence-corrected chi connectivity index (χ1v) is 5.42. The molecule has 1 aliphatic carbocycles. The fourth-order valence-electron chi connectivity index (χ4n) is 2.28. The van der Waals surface area contributed by atoms with Crippen LogP contribution in [0, 0.1) is 0 Å². The summed E-state index contributed by atoms with van der Waals surface area (Å²) in [5.74, 6) is 6.09. The molecule has 0 heterocycles. The van der Waals surface area contributed by atoms with E-state index in [2.05, 4.69) is 29.7 Å². The van der Waals surface area contributed by atoms with Crippen LogP contribution in [0.5, 0.6) is 0 Å². The molecular formula is C12H18N2. The molecule has 0 saturated heterocycles. The first kappa shape index (κ1) is 9.69. The Kier molecular flexibility index (Phi) is 3.17. The van der Waals surface area contributed by atoms with Crippen molar-refractivity contribution in [3.05, 3.63) is 35.4 Å². The zero-order valence-electron chi connectivity index (χ0n) is 8.50. The lowest BCUT2D eigenvalue weighted by Crippen LogP contribution is -2.20. The van der Waals surface area contributed by atoms with Gasteiger partial charge in [-0.05, 0) is 29.9 Å². The highest BCUT2D eigenvalue weighted by atomic mass is 15.2. The molecule has 2 rings (SSSR count). The molecule has 76 valence electrons. The zero-order valence-corrected chi connectivity index (χ0v) is 8.50. The maximum absolute atomic E-state index is 5.27. The third-order valence-corrected chi connectivity index (χ3v) is 3.11. The Morgan fingerprint density at radius 2 is 1.79 bits per heavy atom. The van der Waals surface area contributed by atoms with Gasteiger partial charge >= 0.3 is 0 Å². The van der Waals surface area contributed by atoms with Crippen LogP contribution in [-0.4, -0.2) is 0 Å². The normalized spacial score (nSPS) is 17.5. The van der Waals surface area contributed by atoms with E-state index < -0.39 is 0 Å². The zero-order chi connectivity index (χ0) is 9.80. The molecule has 1 aromatic carbocycles. The van der Waals surface area contributed by atoms with Gasteiger partial charge in [0, 0.05) is 6.54 Å². The second-order valence-corrected chi connectivity index (χ2v) is 4.10. The van der Waals surface area contributed by atoms with E-state index in [1.807, 2.05) is 0 Å². The van der Waals surface area contributed by atoms with E-state index in [1.54, 1.807) is 0 Å². The molecule has 0 radical (unpaired) electrons. The molecule has 3 N–H and O–H groups in total. The lowest BCUT2D eigenvalue weighted by Gasteiger charge is -2.09. The number of hydrazine groups is 1. The molecule has 2 nitrogen and oxygen atoms in total. The van der Waals surface area contributed by atoms with Crippen LogP contribution in [0.3, 0.4) is 0 Å². The van der Waals surface area contributed by atoms with Gasteiger partial charge in [-0.15, -0.1) is 0 Å². The van der Waals surface area contributed by atoms with E-state index in [-0.39, 0.29) is 0 Å². The van der Waals surface area contributed by atoms with Crippen molar-refractivity contribution < 1.29 is 0 Å². The van der Waals surface area contributed by atoms with Crippen molar-refractivity contribution in [2.75, 3.05) is 0 Å². The Hall–Kier alpha value is -0.860. The number of nitrogens with one attached hydrogen (secondary N) is 1. The molecule has 0 bridgehead atoms. The van der Waals surface area contributed by atoms with E-state index >= 15 is 0 Å². The van der Waals surface area contributed by atoms with Gasteiger partial charge in [0.15, 0.2) is 0 Å². The molecule has 1 aromatic rings. The van der Waals surface area contributed by atoms with E-state index in [4.69, 9.17) is 5.84 Å². The summed E-state index contributed by atoms with van der Waals surface area (Å²) in [6, 6.07) is 8.85. The Morgan fingerprint density at radius 3 is 2.36 bits per heavy atom. The topological polar surface area (TPSA) is 38.0 Å². The average Bonchev–Trinajstić information content (AvgIpc) is 2.72. The van der Waals surface area contributed by atoms with Gasteiger partial charge < -0.3 is 0 Å². The Bertz CT molecular complexity index is 273. The van der Waals surface area contributed by atoms with Gasteiger partial charge in [0.2, 0.25) is 0 Å². The molecule has 2 heteroatoms. The third kappa shape index (κ3) is 2.14. The standard InChI is InChI=1S/C12H18N2/c13-14-9-10-5-7-12(8-6-10)11-3-1-2-4-11/h5-8,11,14H,1-4,9,13H2. The number of benzene rings is 1. The van der Waals surface area contributed by atoms with Crippen LogP contribution in [0.25, 0.3) is 0 Å². The van der Waals surface area contributed by atoms with Crippen molar-refractivity contribution in [1.82, 2.24) is 5.43 Å². The number of hydrogen-bond donors (Lipinski definition) is 2. The molecule has 1 saturated carbocycles. The predicted octanol–water partition coefficient (Wildman–Crippen LogP) is 2.31. The molecule has 0 aliphatic heterocycles. The maximum atomic E-state index is 5.27. The van der Waals surface area contributed by atoms with Crippen molar-refractivity contribution in [1.29, 1.82) is 0 Å². The fraction of sp³-hybridized carbons (Fsp3) is 0.500. The quantitative estimate of drug-likeness (QED) is 0.567. The summed E-state index contributed by atoms with van der Waals surface area (Å²) in [6.07, 6.45) is 5.54. The highest BCUT2D eigenvalue weighted by molar-refractivity contribution is 5.25. The van der Waals surface area contributed by atoms with Crippen LogP contribution in [0.1, 0.15) is 42.7 Å². The minimum absolute atomic E-state index is 0.755. The highest BCUT2D eigenvalue weighted by Gasteiger charge is 2.16. The van der Waals surface area contributed by atoms with Crippen LogP contribution in [0.4, 0.5) is 0 Å². The lowest BCUT2D eigenvalue weighted by molar-refractivity contribution is 0.717. The van der Waals surface area contributed by atoms with E-state index in [1.165, 1.54) is 36.8 Å². The number of nitrogens with two attached hydrogens (primary N) is 1. The van der Waals surface area contributed by atoms with Crippen molar-refractivity contribution in [3.63, 3.8) is 0 Å². The summed E-state index contributed by atoms with van der Waals surface area (Å²) < 4.78 is 0. The Labute approximate surface area is 85.5 Å². The number of hydrogen-bond acceptors (Lipinski definition) is 2. The fourth-order valence-corrected chi connectivity index (χ4v) is 2.28. The average molecular weight is 190 g/mol. The Balaban J connectivity index is 2.05. The molecule has 14 heavy (non-hydrogen) atoms. The summed E-state index contributed by atoms with van der Waals surface area (Å²) in [5.41, 5.74) is 5.43. The lowest BCUT2D eigenvalue weighted by atomic mass is 9.97. The van der Waals surface area contributed by atoms with Gasteiger partial charge in [-0.25, -0.2) is 0 Å². The van der Waals surface area contributed by atoms with Gasteiger partial charge in [0.05, 0.1) is 0 Å². The van der Waals surface area contributed by atoms with Crippen molar-refractivity contribution in [2.24, 2.45) is 5.84 Å². The minimum Gasteiger partial charge on any atom is -0.271 e. The summed E-state index contributed by atoms with van der Waals surface area (Å²) in [6.45, 7) is 0.755. The van der Waals surface area contributed by atoms with Crippen molar-refractivity contribution in [3.8, 4) is 0 Å². The summed E-state index contributed by atoms with van der Waals surface area (Å²) in [5, 5.41) is 0. The third-order valence-electron chi connectivity index (χ3n) is 3.11. The highest BCUT2D eigenvalue weighted by Crippen LogP contribution is 2.33. The van der Waals surface area contributed by atoms with Crippen LogP contribution in [0.2, 0.25) is 0 Å². The van der Waals surface area contributed by atoms with Gasteiger partial charge in [-0.2, -0.15) is 0 Å². The monoisotopic (exact) mass is 190 g/mol. The van der Waals surface area contributed by atoms with Gasteiger partial charge in [-0.1, -0.05) is 37.1 Å². The van der Waals surface area contributed by atoms with E-state index in [0.29, 0.717) is 0 Å². The van der Waals surface area contributed by atoms with Crippen LogP contribution in [-0.2, 0) is 6.54 Å². The van der Waals surface area contributed by atoms with E-state index in [0.717, 1.165) is 12.5 Å². The molecular weight excluding hydrogens is 172 g/mol. The summed E-state index contributed by atoms with van der Waals surface area (Å²) in [4.78, 5) is 0. The smallest absolute Gasteiger partial charge is 0.0348 e. The first-order chi connectivity index (χ1) is 6.90. The number of rotatable bonds is 3. The summed E-state index contributed by atoms with van der Waals surface area (Å²) >= 11 is 0. The largest absolute Gasteiger partial charge is 0.271 e. The molecule has 0 atom stereocenters. The maximum Gasteiger partial charge on any atom is 0.0348 e. The van der Waals surface area contributed by atoms with Crippen molar-refractivity contribution >= 4 is 0 Å². The SMILES string of the molecule is NNCc1ccc(C2CCCC2)cc1. The molecule has 0 aromatic heterocycles. The Morgan fingerprint density at radius 1 is 1.14 bits per heavy atom. The first-order valence-electron chi connectivity index (χ1n) is 5.42. The molecule has 1 fully saturated rings. The van der Waals surface area contributed by atoms with Gasteiger partial charge in [0.1, 0.15) is 0 Å². The van der Waals surface area contributed by atoms with Crippen LogP contribution < -0.4 is 11.3 Å². The van der Waals surface area contributed by atoms with Crippen molar-refractivity contribution in [2.45, 2.75) is 38.1 Å². The minimum atomic E-state index is 0.755. The second kappa shape index (κ2) is 4.58. The van der Waals surface area contributed by atoms with Gasteiger partial charge in [-0.3, -0.25) is 11.3 Å². The molecule has 1 aliphatic rings. The second-order valence-electron chi connectivity index (χ2n) is 4.10. The van der Waals surface area contributed by atoms with E-state index in [9.17, 15) is 0 Å². The van der Waals surface area contributed by atoms with Crippen LogP contribution >= 0.6 is 0 Å². The van der Waals surface area contributed by atoms with Crippen LogP contribution in [0.15, 0.2) is 24.3 Å².